The second-order valence-electron chi connectivity index (χ2n) is 5.98. The zero-order valence-electron chi connectivity index (χ0n) is 13.4. The summed E-state index contributed by atoms with van der Waals surface area (Å²) in [6, 6.07) is 16.1. The molecule has 24 heavy (non-hydrogen) atoms. The summed E-state index contributed by atoms with van der Waals surface area (Å²) in [5, 5.41) is 7.69. The lowest BCUT2D eigenvalue weighted by Crippen LogP contribution is -2.09. The molecule has 2 amide bonds. The Labute approximate surface area is 139 Å². The highest BCUT2D eigenvalue weighted by atomic mass is 16.2. The van der Waals surface area contributed by atoms with Crippen LogP contribution in [0.15, 0.2) is 48.5 Å². The van der Waals surface area contributed by atoms with Gasteiger partial charge in [-0.2, -0.15) is 0 Å². The van der Waals surface area contributed by atoms with Crippen molar-refractivity contribution >= 4 is 34.0 Å². The number of anilines is 2. The molecule has 0 saturated carbocycles. The number of benzene rings is 3. The van der Waals surface area contributed by atoms with Gasteiger partial charge in [-0.1, -0.05) is 36.4 Å². The lowest BCUT2D eigenvalue weighted by molar-refractivity contribution is -0.115. The smallest absolute Gasteiger partial charge is 0.221 e. The van der Waals surface area contributed by atoms with E-state index in [-0.39, 0.29) is 11.8 Å². The van der Waals surface area contributed by atoms with Crippen LogP contribution in [0.4, 0.5) is 11.4 Å². The summed E-state index contributed by atoms with van der Waals surface area (Å²) in [6.45, 7) is 2.96. The first-order valence-corrected chi connectivity index (χ1v) is 7.81. The van der Waals surface area contributed by atoms with Crippen molar-refractivity contribution in [1.29, 1.82) is 0 Å². The van der Waals surface area contributed by atoms with Crippen LogP contribution in [0, 0.1) is 0 Å². The predicted octanol–water partition coefficient (Wildman–Crippen LogP) is 4.40. The van der Waals surface area contributed by atoms with Crippen molar-refractivity contribution in [3.05, 3.63) is 48.5 Å². The van der Waals surface area contributed by atoms with Crippen molar-refractivity contribution in [2.75, 3.05) is 10.6 Å². The van der Waals surface area contributed by atoms with Gasteiger partial charge in [0.15, 0.2) is 0 Å². The third kappa shape index (κ3) is 2.07. The molecule has 0 saturated heterocycles. The summed E-state index contributed by atoms with van der Waals surface area (Å²) in [5.74, 6) is -0.278. The Balaban J connectivity index is 2.09. The van der Waals surface area contributed by atoms with Gasteiger partial charge in [0.2, 0.25) is 11.8 Å². The molecule has 2 N–H and O–H groups in total. The molecule has 4 rings (SSSR count). The number of rotatable bonds is 2. The Kier molecular flexibility index (Phi) is 3.13. The fraction of sp³-hybridized carbons (Fsp3) is 0.100. The lowest BCUT2D eigenvalue weighted by Gasteiger charge is -2.14. The summed E-state index contributed by atoms with van der Waals surface area (Å²) < 4.78 is 0. The van der Waals surface area contributed by atoms with Crippen LogP contribution in [0.2, 0.25) is 0 Å². The SMILES string of the molecule is CC(=O)Nc1ccc2c3c(ccc(NC(C)=O)c13)-c1ccccc1-2. The van der Waals surface area contributed by atoms with Crippen LogP contribution in [0.3, 0.4) is 0 Å². The molecule has 4 heteroatoms. The van der Waals surface area contributed by atoms with E-state index in [1.807, 2.05) is 36.4 Å². The molecule has 0 heterocycles. The van der Waals surface area contributed by atoms with E-state index in [1.165, 1.54) is 25.0 Å². The third-order valence-corrected chi connectivity index (χ3v) is 4.29. The van der Waals surface area contributed by atoms with Crippen molar-refractivity contribution in [3.8, 4) is 22.3 Å². The van der Waals surface area contributed by atoms with E-state index in [2.05, 4.69) is 22.8 Å². The van der Waals surface area contributed by atoms with Crippen molar-refractivity contribution in [3.63, 3.8) is 0 Å². The first-order valence-electron chi connectivity index (χ1n) is 7.81. The fourth-order valence-electron chi connectivity index (χ4n) is 3.48. The van der Waals surface area contributed by atoms with Gasteiger partial charge in [0, 0.05) is 24.6 Å². The quantitative estimate of drug-likeness (QED) is 0.576. The van der Waals surface area contributed by atoms with E-state index in [0.717, 1.165) is 21.9 Å². The Bertz CT molecular complexity index is 944. The minimum atomic E-state index is -0.139. The molecule has 118 valence electrons. The van der Waals surface area contributed by atoms with E-state index in [4.69, 9.17) is 0 Å². The number of hydrogen-bond acceptors (Lipinski definition) is 2. The maximum Gasteiger partial charge on any atom is 0.221 e. The number of nitrogens with one attached hydrogen (secondary N) is 2. The number of fused-ring (bicyclic) bond motifs is 3. The molecule has 0 unspecified atom stereocenters. The van der Waals surface area contributed by atoms with Gasteiger partial charge in [-0.3, -0.25) is 9.59 Å². The largest absolute Gasteiger partial charge is 0.326 e. The zero-order valence-corrected chi connectivity index (χ0v) is 13.4. The third-order valence-electron chi connectivity index (χ3n) is 4.29. The van der Waals surface area contributed by atoms with Crippen LogP contribution in [0.5, 0.6) is 0 Å². The number of hydrogen-bond donors (Lipinski definition) is 2. The van der Waals surface area contributed by atoms with Crippen LogP contribution in [0.1, 0.15) is 13.8 Å². The van der Waals surface area contributed by atoms with Crippen molar-refractivity contribution in [1.82, 2.24) is 0 Å². The Morgan fingerprint density at radius 2 is 1.08 bits per heavy atom. The monoisotopic (exact) mass is 316 g/mol. The molecule has 0 bridgehead atoms. The standard InChI is InChI=1S/C20H16N2O2/c1-11(23)21-17-9-7-15-13-5-3-4-6-14(13)16-8-10-18(22-12(2)24)20(17)19(15)16/h3-10H,1-2H3,(H,21,23)(H,22,24). The predicted molar refractivity (Wildman–Crippen MR) is 97.0 cm³/mol. The lowest BCUT2D eigenvalue weighted by atomic mass is 9.99. The molecule has 1 aliphatic carbocycles. The van der Waals surface area contributed by atoms with Gasteiger partial charge in [-0.15, -0.1) is 0 Å². The van der Waals surface area contributed by atoms with Crippen molar-refractivity contribution in [2.45, 2.75) is 13.8 Å². The average molecular weight is 316 g/mol. The first-order chi connectivity index (χ1) is 11.6. The second-order valence-corrected chi connectivity index (χ2v) is 5.98. The molecule has 0 aliphatic heterocycles. The average Bonchev–Trinajstić information content (AvgIpc) is 2.86. The summed E-state index contributed by atoms with van der Waals surface area (Å²) in [4.78, 5) is 23.2. The van der Waals surface area contributed by atoms with Crippen molar-refractivity contribution in [2.24, 2.45) is 0 Å². The Morgan fingerprint density at radius 3 is 1.50 bits per heavy atom. The second kappa shape index (κ2) is 5.20. The molecule has 0 spiro atoms. The molecule has 3 aromatic carbocycles. The molecular weight excluding hydrogens is 300 g/mol. The van der Waals surface area contributed by atoms with Gasteiger partial charge in [0.05, 0.1) is 11.4 Å². The molecule has 4 nitrogen and oxygen atoms in total. The Hall–Kier alpha value is -3.14. The van der Waals surface area contributed by atoms with Gasteiger partial charge >= 0.3 is 0 Å². The van der Waals surface area contributed by atoms with Crippen LogP contribution in [-0.2, 0) is 9.59 Å². The Morgan fingerprint density at radius 1 is 0.625 bits per heavy atom. The highest BCUT2D eigenvalue weighted by Gasteiger charge is 2.24. The number of carbonyl (C=O) groups excluding carboxylic acids is 2. The molecule has 0 radical (unpaired) electrons. The zero-order chi connectivity index (χ0) is 16.8. The maximum absolute atomic E-state index is 11.6. The molecular formula is C20H16N2O2. The van der Waals surface area contributed by atoms with E-state index < -0.39 is 0 Å². The molecule has 3 aromatic rings. The highest BCUT2D eigenvalue weighted by Crippen LogP contribution is 2.50. The number of amides is 2. The van der Waals surface area contributed by atoms with E-state index in [1.54, 1.807) is 0 Å². The van der Waals surface area contributed by atoms with Crippen LogP contribution in [0.25, 0.3) is 33.0 Å². The fourth-order valence-corrected chi connectivity index (χ4v) is 3.48. The molecule has 0 atom stereocenters. The van der Waals surface area contributed by atoms with Crippen LogP contribution in [-0.4, -0.2) is 11.8 Å². The summed E-state index contributed by atoms with van der Waals surface area (Å²) >= 11 is 0. The topological polar surface area (TPSA) is 58.2 Å². The number of carbonyl (C=O) groups is 2. The van der Waals surface area contributed by atoms with E-state index >= 15 is 0 Å². The molecule has 0 fully saturated rings. The summed E-state index contributed by atoms with van der Waals surface area (Å²) in [6.07, 6.45) is 0. The molecule has 1 aliphatic rings. The van der Waals surface area contributed by atoms with Crippen LogP contribution >= 0.6 is 0 Å². The van der Waals surface area contributed by atoms with Gasteiger partial charge in [0.1, 0.15) is 0 Å². The minimum absolute atomic E-state index is 0.139. The minimum Gasteiger partial charge on any atom is -0.326 e. The van der Waals surface area contributed by atoms with E-state index in [9.17, 15) is 9.59 Å². The summed E-state index contributed by atoms with van der Waals surface area (Å²) in [7, 11) is 0. The summed E-state index contributed by atoms with van der Waals surface area (Å²) in [5.41, 5.74) is 6.01. The van der Waals surface area contributed by atoms with E-state index in [0.29, 0.717) is 11.4 Å². The van der Waals surface area contributed by atoms with Gasteiger partial charge in [-0.25, -0.2) is 0 Å². The van der Waals surface area contributed by atoms with Gasteiger partial charge in [-0.05, 0) is 34.4 Å². The first kappa shape index (κ1) is 14.5. The molecule has 0 aromatic heterocycles. The maximum atomic E-state index is 11.6. The highest BCUT2D eigenvalue weighted by molar-refractivity contribution is 6.23. The van der Waals surface area contributed by atoms with Gasteiger partial charge in [0.25, 0.3) is 0 Å². The van der Waals surface area contributed by atoms with Gasteiger partial charge < -0.3 is 10.6 Å². The van der Waals surface area contributed by atoms with Crippen molar-refractivity contribution < 1.29 is 9.59 Å². The van der Waals surface area contributed by atoms with Crippen LogP contribution < -0.4 is 10.6 Å². The normalized spacial score (nSPS) is 11.2.